The van der Waals surface area contributed by atoms with Crippen molar-refractivity contribution in [3.63, 3.8) is 0 Å². The predicted octanol–water partition coefficient (Wildman–Crippen LogP) is 1.59. The van der Waals surface area contributed by atoms with E-state index in [-0.39, 0.29) is 17.8 Å². The lowest BCUT2D eigenvalue weighted by atomic mass is 10.1. The predicted molar refractivity (Wildman–Crippen MR) is 60.6 cm³/mol. The normalized spacial score (nSPS) is 10.3. The Kier molecular flexibility index (Phi) is 3.18. The lowest BCUT2D eigenvalue weighted by Gasteiger charge is -1.98. The van der Waals surface area contributed by atoms with E-state index < -0.39 is 11.8 Å². The Balaban J connectivity index is 2.46. The average Bonchev–Trinajstić information content (AvgIpc) is 2.71. The van der Waals surface area contributed by atoms with E-state index in [9.17, 15) is 14.0 Å². The van der Waals surface area contributed by atoms with Gasteiger partial charge in [-0.3, -0.25) is 14.3 Å². The maximum atomic E-state index is 13.1. The zero-order chi connectivity index (χ0) is 13.1. The minimum absolute atomic E-state index is 0.224. The summed E-state index contributed by atoms with van der Waals surface area (Å²) in [5.74, 6) is -1.52. The molecule has 0 fully saturated rings. The molecule has 0 radical (unpaired) electrons. The zero-order valence-electron chi connectivity index (χ0n) is 9.21. The highest BCUT2D eigenvalue weighted by Crippen LogP contribution is 2.21. The average molecular weight is 248 g/mol. The first kappa shape index (κ1) is 12.0. The molecule has 1 heterocycles. The lowest BCUT2D eigenvalue weighted by Crippen LogP contribution is -2.08. The summed E-state index contributed by atoms with van der Waals surface area (Å²) >= 11 is 0. The number of carboxylic acid groups (broad SMARTS) is 1. The SMILES string of the molecule is O=Cc1cn(CC(=O)O)nc1-c1cccc(F)c1. The van der Waals surface area contributed by atoms with Crippen molar-refractivity contribution in [2.45, 2.75) is 6.54 Å². The molecule has 5 nitrogen and oxygen atoms in total. The van der Waals surface area contributed by atoms with Crippen molar-refractivity contribution in [1.82, 2.24) is 9.78 Å². The van der Waals surface area contributed by atoms with Crippen molar-refractivity contribution in [3.8, 4) is 11.3 Å². The number of hydrogen-bond donors (Lipinski definition) is 1. The number of halogens is 1. The molecular weight excluding hydrogens is 239 g/mol. The summed E-state index contributed by atoms with van der Waals surface area (Å²) in [6, 6.07) is 5.61. The van der Waals surface area contributed by atoms with Crippen molar-refractivity contribution in [2.24, 2.45) is 0 Å². The summed E-state index contributed by atoms with van der Waals surface area (Å²) in [5, 5.41) is 12.6. The number of rotatable bonds is 4. The van der Waals surface area contributed by atoms with Crippen LogP contribution in [0.2, 0.25) is 0 Å². The number of nitrogens with zero attached hydrogens (tertiary/aromatic N) is 2. The van der Waals surface area contributed by atoms with E-state index in [1.54, 1.807) is 6.07 Å². The molecule has 18 heavy (non-hydrogen) atoms. The molecule has 1 aromatic heterocycles. The van der Waals surface area contributed by atoms with Gasteiger partial charge in [-0.2, -0.15) is 5.10 Å². The van der Waals surface area contributed by atoms with Crippen LogP contribution < -0.4 is 0 Å². The third kappa shape index (κ3) is 2.42. The summed E-state index contributed by atoms with van der Waals surface area (Å²) < 4.78 is 14.2. The minimum Gasteiger partial charge on any atom is -0.480 e. The number of benzene rings is 1. The van der Waals surface area contributed by atoms with Crippen LogP contribution >= 0.6 is 0 Å². The number of hydrogen-bond acceptors (Lipinski definition) is 3. The van der Waals surface area contributed by atoms with Gasteiger partial charge in [0, 0.05) is 11.8 Å². The van der Waals surface area contributed by atoms with E-state index in [0.717, 1.165) is 4.68 Å². The fourth-order valence-corrected chi connectivity index (χ4v) is 1.60. The van der Waals surface area contributed by atoms with Crippen LogP contribution in [0.15, 0.2) is 30.5 Å². The Hall–Kier alpha value is -2.50. The molecule has 2 aromatic rings. The second-order valence-electron chi connectivity index (χ2n) is 3.65. The minimum atomic E-state index is -1.07. The molecule has 0 spiro atoms. The van der Waals surface area contributed by atoms with Gasteiger partial charge in [-0.1, -0.05) is 12.1 Å². The molecule has 92 valence electrons. The van der Waals surface area contributed by atoms with Crippen LogP contribution in [-0.4, -0.2) is 27.1 Å². The molecule has 0 saturated carbocycles. The van der Waals surface area contributed by atoms with Crippen molar-refractivity contribution < 1.29 is 19.1 Å². The highest BCUT2D eigenvalue weighted by molar-refractivity contribution is 5.85. The van der Waals surface area contributed by atoms with Gasteiger partial charge >= 0.3 is 5.97 Å². The number of carbonyl (C=O) groups is 2. The standard InChI is InChI=1S/C12H9FN2O3/c13-10-3-1-2-8(4-10)12-9(7-16)5-15(14-12)6-11(17)18/h1-5,7H,6H2,(H,17,18). The molecule has 0 saturated heterocycles. The molecule has 0 aliphatic heterocycles. The number of aldehydes is 1. The molecule has 0 aliphatic carbocycles. The van der Waals surface area contributed by atoms with Crippen LogP contribution in [0.25, 0.3) is 11.3 Å². The van der Waals surface area contributed by atoms with E-state index in [2.05, 4.69) is 5.10 Å². The van der Waals surface area contributed by atoms with Crippen LogP contribution in [-0.2, 0) is 11.3 Å². The van der Waals surface area contributed by atoms with Crippen LogP contribution in [0.1, 0.15) is 10.4 Å². The van der Waals surface area contributed by atoms with Crippen molar-refractivity contribution in [1.29, 1.82) is 0 Å². The van der Waals surface area contributed by atoms with Gasteiger partial charge < -0.3 is 5.11 Å². The van der Waals surface area contributed by atoms with Crippen molar-refractivity contribution >= 4 is 12.3 Å². The summed E-state index contributed by atoms with van der Waals surface area (Å²) in [7, 11) is 0. The van der Waals surface area contributed by atoms with Crippen molar-refractivity contribution in [3.05, 3.63) is 41.8 Å². The molecule has 0 bridgehead atoms. The second-order valence-corrected chi connectivity index (χ2v) is 3.65. The fourth-order valence-electron chi connectivity index (χ4n) is 1.60. The molecular formula is C12H9FN2O3. The molecule has 1 N–H and O–H groups in total. The Labute approximate surface area is 101 Å². The highest BCUT2D eigenvalue weighted by atomic mass is 19.1. The Morgan fingerprint density at radius 3 is 2.89 bits per heavy atom. The van der Waals surface area contributed by atoms with Gasteiger partial charge in [-0.15, -0.1) is 0 Å². The number of aromatic nitrogens is 2. The van der Waals surface area contributed by atoms with Crippen molar-refractivity contribution in [2.75, 3.05) is 0 Å². The van der Waals surface area contributed by atoms with E-state index in [1.165, 1.54) is 24.4 Å². The van der Waals surface area contributed by atoms with Gasteiger partial charge in [0.1, 0.15) is 18.1 Å². The quantitative estimate of drug-likeness (QED) is 0.834. The van der Waals surface area contributed by atoms with Crippen LogP contribution in [0, 0.1) is 5.82 Å². The Morgan fingerprint density at radius 2 is 2.28 bits per heavy atom. The third-order valence-corrected chi connectivity index (χ3v) is 2.31. The molecule has 0 amide bonds. The molecule has 0 atom stereocenters. The highest BCUT2D eigenvalue weighted by Gasteiger charge is 2.12. The monoisotopic (exact) mass is 248 g/mol. The Bertz CT molecular complexity index is 607. The summed E-state index contributed by atoms with van der Waals surface area (Å²) in [5.41, 5.74) is 0.925. The summed E-state index contributed by atoms with van der Waals surface area (Å²) in [6.07, 6.45) is 1.88. The van der Waals surface area contributed by atoms with Crippen LogP contribution in [0.4, 0.5) is 4.39 Å². The number of carboxylic acids is 1. The largest absolute Gasteiger partial charge is 0.480 e. The summed E-state index contributed by atoms with van der Waals surface area (Å²) in [4.78, 5) is 21.4. The third-order valence-electron chi connectivity index (χ3n) is 2.31. The molecule has 0 unspecified atom stereocenters. The fraction of sp³-hybridized carbons (Fsp3) is 0.0833. The Morgan fingerprint density at radius 1 is 1.50 bits per heavy atom. The zero-order valence-corrected chi connectivity index (χ0v) is 9.21. The maximum absolute atomic E-state index is 13.1. The van der Waals surface area contributed by atoms with Gasteiger partial charge in [-0.05, 0) is 12.1 Å². The maximum Gasteiger partial charge on any atom is 0.325 e. The first-order valence-corrected chi connectivity index (χ1v) is 5.10. The van der Waals surface area contributed by atoms with Crippen LogP contribution in [0.3, 0.4) is 0 Å². The molecule has 2 rings (SSSR count). The van der Waals surface area contributed by atoms with E-state index in [4.69, 9.17) is 5.11 Å². The van der Waals surface area contributed by atoms with E-state index in [0.29, 0.717) is 11.8 Å². The second kappa shape index (κ2) is 4.79. The summed E-state index contributed by atoms with van der Waals surface area (Å²) in [6.45, 7) is -0.351. The molecule has 0 aliphatic rings. The smallest absolute Gasteiger partial charge is 0.325 e. The lowest BCUT2D eigenvalue weighted by molar-refractivity contribution is -0.137. The number of aliphatic carboxylic acids is 1. The molecule has 1 aromatic carbocycles. The van der Waals surface area contributed by atoms with Gasteiger partial charge in [0.15, 0.2) is 6.29 Å². The first-order chi connectivity index (χ1) is 8.60. The van der Waals surface area contributed by atoms with Gasteiger partial charge in [0.05, 0.1) is 5.56 Å². The van der Waals surface area contributed by atoms with Crippen LogP contribution in [0.5, 0.6) is 0 Å². The number of carbonyl (C=O) groups excluding carboxylic acids is 1. The van der Waals surface area contributed by atoms with E-state index >= 15 is 0 Å². The van der Waals surface area contributed by atoms with Gasteiger partial charge in [-0.25, -0.2) is 4.39 Å². The van der Waals surface area contributed by atoms with Gasteiger partial charge in [0.2, 0.25) is 0 Å². The first-order valence-electron chi connectivity index (χ1n) is 5.10. The molecule has 6 heteroatoms. The van der Waals surface area contributed by atoms with Gasteiger partial charge in [0.25, 0.3) is 0 Å². The van der Waals surface area contributed by atoms with E-state index in [1.807, 2.05) is 0 Å². The topological polar surface area (TPSA) is 72.2 Å².